The third-order valence-corrected chi connectivity index (χ3v) is 3.78. The van der Waals surface area contributed by atoms with E-state index >= 15 is 0 Å². The normalized spacial score (nSPS) is 12.7. The Morgan fingerprint density at radius 2 is 2.18 bits per heavy atom. The Morgan fingerprint density at radius 3 is 2.71 bits per heavy atom. The number of hydrogen-bond acceptors (Lipinski definition) is 4. The molecular formula is C10H15ClN2O3S. The first kappa shape index (κ1) is 14.4. The number of hydrogen-bond donors (Lipinski definition) is 2. The van der Waals surface area contributed by atoms with Gasteiger partial charge < -0.3 is 5.11 Å². The fraction of sp³-hybridized carbons (Fsp3) is 0.500. The molecule has 1 aromatic heterocycles. The monoisotopic (exact) mass is 278 g/mol. The standard InChI is InChI=1S/C10H15ClN2O3S/c1-10(2,7-14)6-13-17(15,16)8-3-4-12-9(11)5-8/h3-5,13-14H,6-7H2,1-2H3. The summed E-state index contributed by atoms with van der Waals surface area (Å²) >= 11 is 5.62. The molecule has 1 rings (SSSR count). The van der Waals surface area contributed by atoms with E-state index in [2.05, 4.69) is 9.71 Å². The zero-order chi connectivity index (χ0) is 13.1. The highest BCUT2D eigenvalue weighted by molar-refractivity contribution is 7.89. The average Bonchev–Trinajstić information content (AvgIpc) is 2.27. The lowest BCUT2D eigenvalue weighted by Gasteiger charge is -2.21. The highest BCUT2D eigenvalue weighted by Gasteiger charge is 2.21. The number of aromatic nitrogens is 1. The van der Waals surface area contributed by atoms with Gasteiger partial charge in [-0.2, -0.15) is 0 Å². The van der Waals surface area contributed by atoms with Crippen LogP contribution < -0.4 is 4.72 Å². The van der Waals surface area contributed by atoms with Crippen LogP contribution in [0.1, 0.15) is 13.8 Å². The van der Waals surface area contributed by atoms with Crippen molar-refractivity contribution in [2.45, 2.75) is 18.7 Å². The third-order valence-electron chi connectivity index (χ3n) is 2.18. The molecule has 0 fully saturated rings. The van der Waals surface area contributed by atoms with Gasteiger partial charge in [-0.25, -0.2) is 18.1 Å². The molecule has 0 radical (unpaired) electrons. The molecule has 0 spiro atoms. The Labute approximate surface area is 106 Å². The SMILES string of the molecule is CC(C)(CO)CNS(=O)(=O)c1ccnc(Cl)c1. The van der Waals surface area contributed by atoms with Gasteiger partial charge in [0.1, 0.15) is 5.15 Å². The quantitative estimate of drug-likeness (QED) is 0.789. The first-order valence-electron chi connectivity index (χ1n) is 4.99. The molecular weight excluding hydrogens is 264 g/mol. The predicted molar refractivity (Wildman–Crippen MR) is 65.3 cm³/mol. The van der Waals surface area contributed by atoms with E-state index in [4.69, 9.17) is 16.7 Å². The molecule has 0 aromatic carbocycles. The summed E-state index contributed by atoms with van der Waals surface area (Å²) in [5.74, 6) is 0. The molecule has 5 nitrogen and oxygen atoms in total. The average molecular weight is 279 g/mol. The van der Waals surface area contributed by atoms with Crippen molar-refractivity contribution in [3.63, 3.8) is 0 Å². The minimum atomic E-state index is -3.61. The number of halogens is 1. The molecule has 17 heavy (non-hydrogen) atoms. The lowest BCUT2D eigenvalue weighted by molar-refractivity contribution is 0.163. The smallest absolute Gasteiger partial charge is 0.240 e. The van der Waals surface area contributed by atoms with Crippen LogP contribution in [0.25, 0.3) is 0 Å². The van der Waals surface area contributed by atoms with Gasteiger partial charge >= 0.3 is 0 Å². The van der Waals surface area contributed by atoms with E-state index < -0.39 is 15.4 Å². The summed E-state index contributed by atoms with van der Waals surface area (Å²) in [4.78, 5) is 3.77. The number of rotatable bonds is 5. The van der Waals surface area contributed by atoms with Gasteiger partial charge in [-0.1, -0.05) is 25.4 Å². The van der Waals surface area contributed by atoms with Crippen LogP contribution in [0.5, 0.6) is 0 Å². The maximum atomic E-state index is 11.9. The van der Waals surface area contributed by atoms with Crippen LogP contribution in [0.15, 0.2) is 23.2 Å². The van der Waals surface area contributed by atoms with E-state index in [1.807, 2.05) is 0 Å². The number of pyridine rings is 1. The first-order chi connectivity index (χ1) is 7.77. The molecule has 2 N–H and O–H groups in total. The fourth-order valence-electron chi connectivity index (χ4n) is 0.981. The van der Waals surface area contributed by atoms with Crippen molar-refractivity contribution in [2.24, 2.45) is 5.41 Å². The zero-order valence-electron chi connectivity index (χ0n) is 9.64. The fourth-order valence-corrected chi connectivity index (χ4v) is 2.47. The van der Waals surface area contributed by atoms with Crippen molar-refractivity contribution in [3.8, 4) is 0 Å². The van der Waals surface area contributed by atoms with Crippen LogP contribution in [0.4, 0.5) is 0 Å². The summed E-state index contributed by atoms with van der Waals surface area (Å²) in [6.07, 6.45) is 1.33. The molecule has 0 amide bonds. The van der Waals surface area contributed by atoms with Crippen molar-refractivity contribution in [2.75, 3.05) is 13.2 Å². The summed E-state index contributed by atoms with van der Waals surface area (Å²) in [5.41, 5.74) is -0.510. The minimum Gasteiger partial charge on any atom is -0.396 e. The van der Waals surface area contributed by atoms with E-state index in [0.29, 0.717) is 0 Å². The van der Waals surface area contributed by atoms with E-state index in [1.165, 1.54) is 18.3 Å². The Balaban J connectivity index is 2.83. The van der Waals surface area contributed by atoms with E-state index in [0.717, 1.165) is 0 Å². The minimum absolute atomic E-state index is 0.0613. The molecule has 0 aliphatic rings. The number of sulfonamides is 1. The predicted octanol–water partition coefficient (Wildman–Crippen LogP) is 1.03. The molecule has 0 unspecified atom stereocenters. The van der Waals surface area contributed by atoms with Gasteiger partial charge in [0, 0.05) is 24.8 Å². The molecule has 0 atom stereocenters. The second-order valence-electron chi connectivity index (χ2n) is 4.46. The highest BCUT2D eigenvalue weighted by atomic mass is 35.5. The van der Waals surface area contributed by atoms with Gasteiger partial charge in [-0.05, 0) is 12.1 Å². The number of aliphatic hydroxyl groups excluding tert-OH is 1. The van der Waals surface area contributed by atoms with Crippen LogP contribution in [-0.4, -0.2) is 31.7 Å². The second-order valence-corrected chi connectivity index (χ2v) is 6.62. The Bertz CT molecular complexity index is 488. The first-order valence-corrected chi connectivity index (χ1v) is 6.85. The summed E-state index contributed by atoms with van der Waals surface area (Å²) in [7, 11) is -3.61. The Kier molecular flexibility index (Phi) is 4.48. The lowest BCUT2D eigenvalue weighted by Crippen LogP contribution is -2.36. The van der Waals surface area contributed by atoms with Gasteiger partial charge in [0.2, 0.25) is 10.0 Å². The molecule has 1 heterocycles. The topological polar surface area (TPSA) is 79.3 Å². The largest absolute Gasteiger partial charge is 0.396 e. The molecule has 0 saturated heterocycles. The van der Waals surface area contributed by atoms with Gasteiger partial charge in [-0.3, -0.25) is 0 Å². The van der Waals surface area contributed by atoms with Crippen molar-refractivity contribution in [1.82, 2.24) is 9.71 Å². The third kappa shape index (κ3) is 4.23. The highest BCUT2D eigenvalue weighted by Crippen LogP contribution is 2.16. The zero-order valence-corrected chi connectivity index (χ0v) is 11.2. The number of aliphatic hydroxyl groups is 1. The second kappa shape index (κ2) is 5.30. The summed E-state index contributed by atoms with van der Waals surface area (Å²) in [6.45, 7) is 3.56. The van der Waals surface area contributed by atoms with E-state index in [-0.39, 0.29) is 23.2 Å². The van der Waals surface area contributed by atoms with Crippen molar-refractivity contribution in [3.05, 3.63) is 23.5 Å². The lowest BCUT2D eigenvalue weighted by atomic mass is 9.96. The van der Waals surface area contributed by atoms with Crippen LogP contribution in [0.3, 0.4) is 0 Å². The van der Waals surface area contributed by atoms with Gasteiger partial charge in [0.05, 0.1) is 4.90 Å². The van der Waals surface area contributed by atoms with E-state index in [9.17, 15) is 8.42 Å². The van der Waals surface area contributed by atoms with Crippen LogP contribution in [0.2, 0.25) is 5.15 Å². The molecule has 0 aliphatic heterocycles. The molecule has 0 aliphatic carbocycles. The summed E-state index contributed by atoms with van der Waals surface area (Å²) in [6, 6.07) is 2.63. The molecule has 0 saturated carbocycles. The van der Waals surface area contributed by atoms with Crippen molar-refractivity contribution < 1.29 is 13.5 Å². The molecule has 7 heteroatoms. The van der Waals surface area contributed by atoms with Crippen molar-refractivity contribution >= 4 is 21.6 Å². The summed E-state index contributed by atoms with van der Waals surface area (Å²) < 4.78 is 26.2. The maximum Gasteiger partial charge on any atom is 0.240 e. The van der Waals surface area contributed by atoms with Crippen LogP contribution in [-0.2, 0) is 10.0 Å². The van der Waals surface area contributed by atoms with Crippen LogP contribution in [0, 0.1) is 5.41 Å². The molecule has 0 bridgehead atoms. The number of nitrogens with zero attached hydrogens (tertiary/aromatic N) is 1. The van der Waals surface area contributed by atoms with E-state index in [1.54, 1.807) is 13.8 Å². The Hall–Kier alpha value is -0.690. The van der Waals surface area contributed by atoms with Gasteiger partial charge in [-0.15, -0.1) is 0 Å². The van der Waals surface area contributed by atoms with Crippen molar-refractivity contribution in [1.29, 1.82) is 0 Å². The molecule has 96 valence electrons. The molecule has 1 aromatic rings. The number of nitrogens with one attached hydrogen (secondary N) is 1. The Morgan fingerprint density at radius 1 is 1.53 bits per heavy atom. The maximum absolute atomic E-state index is 11.9. The van der Waals surface area contributed by atoms with Gasteiger partial charge in [0.15, 0.2) is 0 Å². The van der Waals surface area contributed by atoms with Gasteiger partial charge in [0.25, 0.3) is 0 Å². The van der Waals surface area contributed by atoms with Crippen LogP contribution >= 0.6 is 11.6 Å². The summed E-state index contributed by atoms with van der Waals surface area (Å²) in [5, 5.41) is 9.16.